The van der Waals surface area contributed by atoms with Gasteiger partial charge in [0.05, 0.1) is 0 Å². The highest BCUT2D eigenvalue weighted by atomic mass is 16.3. The summed E-state index contributed by atoms with van der Waals surface area (Å²) in [6, 6.07) is 8.09. The fraction of sp³-hybridized carbons (Fsp3) is 0.571. The Morgan fingerprint density at radius 3 is 2.53 bits per heavy atom. The molecule has 0 bridgehead atoms. The van der Waals surface area contributed by atoms with Crippen molar-refractivity contribution in [3.8, 4) is 5.75 Å². The summed E-state index contributed by atoms with van der Waals surface area (Å²) < 4.78 is 0. The molecule has 0 aliphatic carbocycles. The molecule has 1 saturated heterocycles. The molecule has 1 atom stereocenters. The minimum Gasteiger partial charge on any atom is -0.508 e. The lowest BCUT2D eigenvalue weighted by molar-refractivity contribution is 0.137. The van der Waals surface area contributed by atoms with Crippen LogP contribution in [0.3, 0.4) is 0 Å². The van der Waals surface area contributed by atoms with Gasteiger partial charge in [-0.05, 0) is 23.6 Å². The van der Waals surface area contributed by atoms with E-state index in [0.29, 0.717) is 17.7 Å². The second-order valence-electron chi connectivity index (χ2n) is 5.07. The van der Waals surface area contributed by atoms with Crippen LogP contribution in [0.5, 0.6) is 5.75 Å². The smallest absolute Gasteiger partial charge is 0.115 e. The van der Waals surface area contributed by atoms with Gasteiger partial charge in [-0.2, -0.15) is 0 Å². The van der Waals surface area contributed by atoms with E-state index in [1.807, 2.05) is 12.1 Å². The highest BCUT2D eigenvalue weighted by Crippen LogP contribution is 2.30. The Labute approximate surface area is 103 Å². The normalized spacial score (nSPS) is 19.5. The second-order valence-corrected chi connectivity index (χ2v) is 5.07. The van der Waals surface area contributed by atoms with E-state index in [4.69, 9.17) is 0 Å². The Kier molecular flexibility index (Phi) is 4.02. The summed E-state index contributed by atoms with van der Waals surface area (Å²) in [5, 5.41) is 13.0. The van der Waals surface area contributed by atoms with Crippen LogP contribution in [-0.2, 0) is 0 Å². The molecule has 94 valence electrons. The van der Waals surface area contributed by atoms with Gasteiger partial charge in [-0.15, -0.1) is 0 Å². The molecular formula is C14H22N2O. The molecule has 0 amide bonds. The molecule has 1 aliphatic rings. The van der Waals surface area contributed by atoms with E-state index in [1.54, 1.807) is 6.07 Å². The zero-order valence-electron chi connectivity index (χ0n) is 10.7. The van der Waals surface area contributed by atoms with E-state index in [2.05, 4.69) is 30.1 Å². The molecule has 3 nitrogen and oxygen atoms in total. The molecule has 1 aromatic rings. The lowest BCUT2D eigenvalue weighted by atomic mass is 9.93. The molecule has 1 fully saturated rings. The lowest BCUT2D eigenvalue weighted by Crippen LogP contribution is -2.46. The number of hydrogen-bond acceptors (Lipinski definition) is 3. The number of aromatic hydroxyl groups is 1. The van der Waals surface area contributed by atoms with Gasteiger partial charge in [-0.1, -0.05) is 26.0 Å². The minimum atomic E-state index is 0.364. The predicted molar refractivity (Wildman–Crippen MR) is 70.1 cm³/mol. The van der Waals surface area contributed by atoms with E-state index >= 15 is 0 Å². The molecule has 0 saturated carbocycles. The average Bonchev–Trinajstić information content (AvgIpc) is 2.30. The van der Waals surface area contributed by atoms with E-state index in [0.717, 1.165) is 26.2 Å². The molecule has 1 unspecified atom stereocenters. The summed E-state index contributed by atoms with van der Waals surface area (Å²) in [6.45, 7) is 8.77. The maximum Gasteiger partial charge on any atom is 0.115 e. The van der Waals surface area contributed by atoms with Crippen molar-refractivity contribution in [2.45, 2.75) is 19.9 Å². The monoisotopic (exact) mass is 234 g/mol. The molecule has 1 aromatic carbocycles. The summed E-state index contributed by atoms with van der Waals surface area (Å²) in [5.74, 6) is 0.915. The van der Waals surface area contributed by atoms with E-state index in [1.165, 1.54) is 5.56 Å². The fourth-order valence-electron chi connectivity index (χ4n) is 2.69. The zero-order chi connectivity index (χ0) is 12.3. The first kappa shape index (κ1) is 12.4. The van der Waals surface area contributed by atoms with Crippen molar-refractivity contribution in [2.75, 3.05) is 26.2 Å². The highest BCUT2D eigenvalue weighted by Gasteiger charge is 2.24. The van der Waals surface area contributed by atoms with Gasteiger partial charge in [0, 0.05) is 32.2 Å². The number of benzene rings is 1. The number of rotatable bonds is 3. The Bertz CT molecular complexity index is 359. The van der Waals surface area contributed by atoms with Crippen LogP contribution in [-0.4, -0.2) is 36.2 Å². The van der Waals surface area contributed by atoms with Gasteiger partial charge < -0.3 is 10.4 Å². The van der Waals surface area contributed by atoms with E-state index < -0.39 is 0 Å². The molecule has 0 spiro atoms. The number of piperazine rings is 1. The van der Waals surface area contributed by atoms with Crippen molar-refractivity contribution >= 4 is 0 Å². The minimum absolute atomic E-state index is 0.364. The summed E-state index contributed by atoms with van der Waals surface area (Å²) >= 11 is 0. The summed E-state index contributed by atoms with van der Waals surface area (Å²) in [4.78, 5) is 2.51. The third kappa shape index (κ3) is 2.99. The number of phenols is 1. The van der Waals surface area contributed by atoms with Crippen molar-refractivity contribution in [1.82, 2.24) is 10.2 Å². The Balaban J connectivity index is 2.21. The quantitative estimate of drug-likeness (QED) is 0.839. The van der Waals surface area contributed by atoms with Gasteiger partial charge in [-0.25, -0.2) is 0 Å². The van der Waals surface area contributed by atoms with Crippen LogP contribution < -0.4 is 5.32 Å². The van der Waals surface area contributed by atoms with Crippen molar-refractivity contribution in [3.63, 3.8) is 0 Å². The number of nitrogens with zero attached hydrogens (tertiary/aromatic N) is 1. The predicted octanol–water partition coefficient (Wildman–Crippen LogP) is 1.99. The first-order valence-electron chi connectivity index (χ1n) is 6.42. The van der Waals surface area contributed by atoms with Crippen LogP contribution in [0.25, 0.3) is 0 Å². The Morgan fingerprint density at radius 2 is 1.94 bits per heavy atom. The fourth-order valence-corrected chi connectivity index (χ4v) is 2.69. The molecule has 1 heterocycles. The standard InChI is InChI=1S/C14H22N2O/c1-11(2)14(16-8-6-15-7-9-16)12-4-3-5-13(17)10-12/h3-5,10-11,14-15,17H,6-9H2,1-2H3. The third-order valence-electron chi connectivity index (χ3n) is 3.39. The largest absolute Gasteiger partial charge is 0.508 e. The Hall–Kier alpha value is -1.06. The molecule has 2 N–H and O–H groups in total. The van der Waals surface area contributed by atoms with Crippen molar-refractivity contribution in [3.05, 3.63) is 29.8 Å². The number of hydrogen-bond donors (Lipinski definition) is 2. The van der Waals surface area contributed by atoms with Crippen molar-refractivity contribution in [1.29, 1.82) is 0 Å². The van der Waals surface area contributed by atoms with Crippen molar-refractivity contribution < 1.29 is 5.11 Å². The zero-order valence-corrected chi connectivity index (χ0v) is 10.7. The van der Waals surface area contributed by atoms with Gasteiger partial charge in [0.15, 0.2) is 0 Å². The maximum atomic E-state index is 9.61. The SMILES string of the molecule is CC(C)C(c1cccc(O)c1)N1CCNCC1. The van der Waals surface area contributed by atoms with Gasteiger partial charge in [0.2, 0.25) is 0 Å². The van der Waals surface area contributed by atoms with Crippen LogP contribution in [0.1, 0.15) is 25.5 Å². The second kappa shape index (κ2) is 5.52. The molecule has 2 rings (SSSR count). The van der Waals surface area contributed by atoms with E-state index in [9.17, 15) is 5.11 Å². The van der Waals surface area contributed by atoms with Crippen LogP contribution in [0.15, 0.2) is 24.3 Å². The lowest BCUT2D eigenvalue weighted by Gasteiger charge is -2.37. The third-order valence-corrected chi connectivity index (χ3v) is 3.39. The Morgan fingerprint density at radius 1 is 1.24 bits per heavy atom. The van der Waals surface area contributed by atoms with Gasteiger partial charge in [0.1, 0.15) is 5.75 Å². The van der Waals surface area contributed by atoms with Crippen molar-refractivity contribution in [2.24, 2.45) is 5.92 Å². The topological polar surface area (TPSA) is 35.5 Å². The summed E-state index contributed by atoms with van der Waals surface area (Å²) in [6.07, 6.45) is 0. The van der Waals surface area contributed by atoms with Crippen LogP contribution in [0.4, 0.5) is 0 Å². The molecule has 0 aromatic heterocycles. The maximum absolute atomic E-state index is 9.61. The van der Waals surface area contributed by atoms with Gasteiger partial charge >= 0.3 is 0 Å². The number of nitrogens with one attached hydrogen (secondary N) is 1. The number of phenolic OH excluding ortho intramolecular Hbond substituents is 1. The molecular weight excluding hydrogens is 212 g/mol. The average molecular weight is 234 g/mol. The van der Waals surface area contributed by atoms with Gasteiger partial charge in [0.25, 0.3) is 0 Å². The molecule has 0 radical (unpaired) electrons. The van der Waals surface area contributed by atoms with Gasteiger partial charge in [-0.3, -0.25) is 4.90 Å². The van der Waals surface area contributed by atoms with E-state index in [-0.39, 0.29) is 0 Å². The first-order chi connectivity index (χ1) is 8.18. The van der Waals surface area contributed by atoms with Crippen LogP contribution in [0.2, 0.25) is 0 Å². The molecule has 17 heavy (non-hydrogen) atoms. The summed E-state index contributed by atoms with van der Waals surface area (Å²) in [7, 11) is 0. The highest BCUT2D eigenvalue weighted by molar-refractivity contribution is 5.29. The summed E-state index contributed by atoms with van der Waals surface area (Å²) in [5.41, 5.74) is 1.22. The molecule has 1 aliphatic heterocycles. The van der Waals surface area contributed by atoms with Crippen LogP contribution in [0, 0.1) is 5.92 Å². The first-order valence-corrected chi connectivity index (χ1v) is 6.42. The van der Waals surface area contributed by atoms with Crippen LogP contribution >= 0.6 is 0 Å². The molecule has 3 heteroatoms.